The molecule has 1 aromatic carbocycles. The molecule has 1 aromatic heterocycles. The highest BCUT2D eigenvalue weighted by atomic mass is 35.5. The van der Waals surface area contributed by atoms with Crippen LogP contribution in [-0.4, -0.2) is 36.0 Å². The van der Waals surface area contributed by atoms with E-state index in [4.69, 9.17) is 38.4 Å². The predicted molar refractivity (Wildman–Crippen MR) is 143 cm³/mol. The molecule has 0 saturated carbocycles. The Bertz CT molecular complexity index is 1240. The zero-order valence-electron chi connectivity index (χ0n) is 20.8. The van der Waals surface area contributed by atoms with Gasteiger partial charge in [0.15, 0.2) is 5.75 Å². The van der Waals surface area contributed by atoms with Gasteiger partial charge < -0.3 is 20.5 Å². The number of amides is 1. The fourth-order valence-electron chi connectivity index (χ4n) is 3.41. The molecule has 0 aliphatic carbocycles. The summed E-state index contributed by atoms with van der Waals surface area (Å²) in [5.41, 5.74) is 8.59. The summed E-state index contributed by atoms with van der Waals surface area (Å²) in [6, 6.07) is 1.20. The lowest BCUT2D eigenvalue weighted by Gasteiger charge is -2.20. The van der Waals surface area contributed by atoms with E-state index in [2.05, 4.69) is 27.1 Å². The molecular weight excluding hydrogens is 489 g/mol. The van der Waals surface area contributed by atoms with Gasteiger partial charge >= 0.3 is 0 Å². The van der Waals surface area contributed by atoms with Crippen LogP contribution in [0.5, 0.6) is 5.75 Å². The van der Waals surface area contributed by atoms with Gasteiger partial charge in [-0.05, 0) is 58.4 Å². The molecule has 0 bridgehead atoms. The second-order valence-corrected chi connectivity index (χ2v) is 8.48. The number of nitrogens with zero attached hydrogens (tertiary/aromatic N) is 2. The summed E-state index contributed by atoms with van der Waals surface area (Å²) in [7, 11) is 1.59. The normalized spacial score (nSPS) is 14.2. The highest BCUT2D eigenvalue weighted by Gasteiger charge is 2.24. The van der Waals surface area contributed by atoms with Crippen molar-refractivity contribution in [2.75, 3.05) is 13.7 Å². The Balaban J connectivity index is 2.40. The van der Waals surface area contributed by atoms with E-state index < -0.39 is 11.9 Å². The van der Waals surface area contributed by atoms with Gasteiger partial charge in [0, 0.05) is 17.5 Å². The van der Waals surface area contributed by atoms with Crippen LogP contribution in [-0.2, 0) is 9.53 Å². The summed E-state index contributed by atoms with van der Waals surface area (Å²) < 4.78 is 11.1. The number of fused-ring (bicyclic) bond motifs is 1. The Morgan fingerprint density at radius 3 is 2.66 bits per heavy atom. The number of hydrogen-bond donors (Lipinski definition) is 3. The number of carbonyl (C=O) groups is 1. The van der Waals surface area contributed by atoms with Gasteiger partial charge in [-0.15, -0.1) is 0 Å². The molecule has 2 rings (SSSR count). The monoisotopic (exact) mass is 519 g/mol. The minimum Gasteiger partial charge on any atom is -0.497 e. The number of rotatable bonds is 10. The lowest BCUT2D eigenvalue weighted by molar-refractivity contribution is -0.117. The van der Waals surface area contributed by atoms with Gasteiger partial charge in [-0.2, -0.15) is 5.10 Å². The molecule has 1 unspecified atom stereocenters. The molecule has 10 heteroatoms. The molecule has 0 aliphatic heterocycles. The quantitative estimate of drug-likeness (QED) is 0.160. The highest BCUT2D eigenvalue weighted by Crippen LogP contribution is 2.40. The van der Waals surface area contributed by atoms with Crippen LogP contribution in [0.3, 0.4) is 0 Å². The number of halogens is 2. The molecule has 1 atom stereocenters. The maximum absolute atomic E-state index is 13.2. The Kier molecular flexibility index (Phi) is 9.98. The summed E-state index contributed by atoms with van der Waals surface area (Å²) >= 11 is 12.6. The molecule has 4 N–H and O–H groups in total. The van der Waals surface area contributed by atoms with E-state index in [-0.39, 0.29) is 11.3 Å². The number of nitrogens with one attached hydrogen (secondary N) is 2. The van der Waals surface area contributed by atoms with Crippen LogP contribution in [0.2, 0.25) is 10.2 Å². The van der Waals surface area contributed by atoms with Crippen molar-refractivity contribution in [1.29, 1.82) is 0 Å². The minimum atomic E-state index is -0.506. The summed E-state index contributed by atoms with van der Waals surface area (Å²) in [5, 5.41) is 11.1. The third kappa shape index (κ3) is 6.68. The summed E-state index contributed by atoms with van der Waals surface area (Å²) in [6.07, 6.45) is 5.28. The number of aromatic nitrogens is 2. The molecule has 2 aromatic rings. The summed E-state index contributed by atoms with van der Waals surface area (Å²) in [4.78, 5) is 17.6. The Morgan fingerprint density at radius 1 is 1.40 bits per heavy atom. The SMILES string of the molecule is C=C(N)/C(C(=O)NC(C)c1cc(Cl)c2c(Cl)[nH]nc2c1OCC)=C(C)/N=C\C(C)=C\C(=C/C)OC. The number of nitrogens with two attached hydrogens (primary N) is 1. The van der Waals surface area contributed by atoms with Gasteiger partial charge in [0.05, 0.1) is 41.4 Å². The van der Waals surface area contributed by atoms with Crippen molar-refractivity contribution in [3.63, 3.8) is 0 Å². The predicted octanol–water partition coefficient (Wildman–Crippen LogP) is 5.76. The van der Waals surface area contributed by atoms with Crippen molar-refractivity contribution in [3.05, 3.63) is 68.8 Å². The standard InChI is InChI=1S/C25H31Cl2N5O3/c1-8-17(34-7)10-13(3)12-29-16(6)20(14(4)28)25(33)30-15(5)18-11-19(26)21-22(23(18)35-9-2)31-32-24(21)27/h8,10-12,15H,4,9,28H2,1-3,5-7H3,(H,30,33)(H,31,32)/b13-10+,17-8+,20-16-,29-12-. The third-order valence-electron chi connectivity index (χ3n) is 5.09. The fraction of sp³-hybridized carbons (Fsp3) is 0.320. The van der Waals surface area contributed by atoms with Crippen LogP contribution in [0.4, 0.5) is 0 Å². The Morgan fingerprint density at radius 2 is 2.09 bits per heavy atom. The maximum Gasteiger partial charge on any atom is 0.255 e. The van der Waals surface area contributed by atoms with Gasteiger partial charge in [0.25, 0.3) is 5.91 Å². The molecule has 0 fully saturated rings. The van der Waals surface area contributed by atoms with Crippen LogP contribution in [0.15, 0.2) is 58.1 Å². The molecular formula is C25H31Cl2N5O3. The lowest BCUT2D eigenvalue weighted by Crippen LogP contribution is -2.30. The summed E-state index contributed by atoms with van der Waals surface area (Å²) in [5.74, 6) is 0.740. The van der Waals surface area contributed by atoms with Crippen molar-refractivity contribution in [1.82, 2.24) is 15.5 Å². The number of allylic oxidation sites excluding steroid dienone is 4. The number of carbonyl (C=O) groups excluding carboxylic acids is 1. The minimum absolute atomic E-state index is 0.0922. The van der Waals surface area contributed by atoms with Crippen molar-refractivity contribution in [2.45, 2.75) is 40.7 Å². The highest BCUT2D eigenvalue weighted by molar-refractivity contribution is 6.41. The zero-order valence-corrected chi connectivity index (χ0v) is 22.3. The first-order chi connectivity index (χ1) is 16.5. The maximum atomic E-state index is 13.2. The summed E-state index contributed by atoms with van der Waals surface area (Å²) in [6.45, 7) is 13.2. The number of hydrogen-bond acceptors (Lipinski definition) is 6. The molecule has 0 radical (unpaired) electrons. The molecule has 188 valence electrons. The average molecular weight is 520 g/mol. The van der Waals surface area contributed by atoms with Crippen LogP contribution in [0.1, 0.15) is 46.2 Å². The van der Waals surface area contributed by atoms with Crippen molar-refractivity contribution in [2.24, 2.45) is 10.7 Å². The Hall–Kier alpha value is -3.23. The van der Waals surface area contributed by atoms with Gasteiger partial charge in [-0.1, -0.05) is 29.8 Å². The van der Waals surface area contributed by atoms with E-state index in [9.17, 15) is 4.79 Å². The van der Waals surface area contributed by atoms with E-state index in [0.29, 0.717) is 50.5 Å². The molecule has 0 spiro atoms. The molecule has 35 heavy (non-hydrogen) atoms. The van der Waals surface area contributed by atoms with Crippen molar-refractivity contribution in [3.8, 4) is 5.75 Å². The molecule has 1 amide bonds. The van der Waals surface area contributed by atoms with Gasteiger partial charge in [-0.25, -0.2) is 0 Å². The van der Waals surface area contributed by atoms with Gasteiger partial charge in [0.2, 0.25) is 0 Å². The first-order valence-electron chi connectivity index (χ1n) is 10.9. The van der Waals surface area contributed by atoms with E-state index in [1.54, 1.807) is 33.2 Å². The topological polar surface area (TPSA) is 115 Å². The number of aromatic amines is 1. The third-order valence-corrected chi connectivity index (χ3v) is 5.66. The van der Waals surface area contributed by atoms with Gasteiger partial charge in [-0.3, -0.25) is 14.9 Å². The average Bonchev–Trinajstić information content (AvgIpc) is 3.19. The van der Waals surface area contributed by atoms with Crippen molar-refractivity contribution < 1.29 is 14.3 Å². The number of methoxy groups -OCH3 is 1. The molecule has 0 aliphatic rings. The first kappa shape index (κ1) is 28.0. The van der Waals surface area contributed by atoms with E-state index in [1.165, 1.54) is 0 Å². The fourth-order valence-corrected chi connectivity index (χ4v) is 3.99. The van der Waals surface area contributed by atoms with Crippen LogP contribution < -0.4 is 15.8 Å². The van der Waals surface area contributed by atoms with E-state index in [0.717, 1.165) is 5.57 Å². The first-order valence-corrected chi connectivity index (χ1v) is 11.7. The smallest absolute Gasteiger partial charge is 0.255 e. The van der Waals surface area contributed by atoms with Crippen LogP contribution >= 0.6 is 23.2 Å². The van der Waals surface area contributed by atoms with Crippen LogP contribution in [0.25, 0.3) is 10.9 Å². The van der Waals surface area contributed by atoms with E-state index in [1.807, 2.05) is 32.9 Å². The molecule has 1 heterocycles. The van der Waals surface area contributed by atoms with E-state index >= 15 is 0 Å². The number of benzene rings is 1. The van der Waals surface area contributed by atoms with Crippen LogP contribution in [0, 0.1) is 0 Å². The second-order valence-electron chi connectivity index (χ2n) is 7.69. The molecule has 8 nitrogen and oxygen atoms in total. The lowest BCUT2D eigenvalue weighted by atomic mass is 10.0. The van der Waals surface area contributed by atoms with Gasteiger partial charge in [0.1, 0.15) is 16.4 Å². The zero-order chi connectivity index (χ0) is 26.3. The Labute approximate surface area is 215 Å². The number of ether oxygens (including phenoxy) is 2. The number of aliphatic imine (C=N–C) groups is 1. The second kappa shape index (κ2) is 12.5. The van der Waals surface area contributed by atoms with Crippen molar-refractivity contribution >= 4 is 46.2 Å². The largest absolute Gasteiger partial charge is 0.497 e. The number of H-pyrrole nitrogens is 1. The molecule has 0 saturated heterocycles.